The number of piperidine rings is 1. The third-order valence-corrected chi connectivity index (χ3v) is 5.20. The molecule has 0 aromatic carbocycles. The van der Waals surface area contributed by atoms with E-state index in [0.717, 1.165) is 31.5 Å². The van der Waals surface area contributed by atoms with E-state index in [-0.39, 0.29) is 24.0 Å². The number of aliphatic imine (C=N–C) groups is 1. The molecule has 2 heterocycles. The molecule has 0 saturated carbocycles. The first kappa shape index (κ1) is 21.0. The average Bonchev–Trinajstić information content (AvgIpc) is 2.55. The van der Waals surface area contributed by atoms with E-state index >= 15 is 0 Å². The highest BCUT2D eigenvalue weighted by atomic mass is 127. The number of halogens is 1. The maximum Gasteiger partial charge on any atom is 0.193 e. The summed E-state index contributed by atoms with van der Waals surface area (Å²) in [6.07, 6.45) is 2.64. The number of rotatable bonds is 4. The van der Waals surface area contributed by atoms with Crippen molar-refractivity contribution in [1.82, 2.24) is 20.0 Å². The van der Waals surface area contributed by atoms with Crippen LogP contribution < -0.4 is 5.32 Å². The second kappa shape index (κ2) is 10.7. The van der Waals surface area contributed by atoms with Gasteiger partial charge in [-0.15, -0.1) is 24.0 Å². The van der Waals surface area contributed by atoms with Gasteiger partial charge in [-0.25, -0.2) is 0 Å². The Bertz CT molecular complexity index is 355. The zero-order valence-corrected chi connectivity index (χ0v) is 17.8. The van der Waals surface area contributed by atoms with E-state index in [9.17, 15) is 0 Å². The first-order chi connectivity index (χ1) is 10.6. The van der Waals surface area contributed by atoms with E-state index in [1.54, 1.807) is 0 Å². The largest absolute Gasteiger partial charge is 0.355 e. The summed E-state index contributed by atoms with van der Waals surface area (Å²) in [6, 6.07) is 0.568. The van der Waals surface area contributed by atoms with Crippen molar-refractivity contribution in [3.05, 3.63) is 0 Å². The van der Waals surface area contributed by atoms with E-state index in [1.165, 1.54) is 45.6 Å². The van der Waals surface area contributed by atoms with E-state index in [4.69, 9.17) is 0 Å². The lowest BCUT2D eigenvalue weighted by atomic mass is 10.0. The lowest BCUT2D eigenvalue weighted by Crippen LogP contribution is -2.54. The molecule has 1 N–H and O–H groups in total. The first-order valence-corrected chi connectivity index (χ1v) is 9.06. The van der Waals surface area contributed by atoms with Crippen LogP contribution in [0.1, 0.15) is 33.6 Å². The van der Waals surface area contributed by atoms with Gasteiger partial charge in [-0.3, -0.25) is 9.89 Å². The number of nitrogens with zero attached hydrogens (tertiary/aromatic N) is 4. The fraction of sp³-hybridized carbons (Fsp3) is 0.941. The normalized spacial score (nSPS) is 25.8. The summed E-state index contributed by atoms with van der Waals surface area (Å²) >= 11 is 0. The fourth-order valence-electron chi connectivity index (χ4n) is 3.60. The number of guanidine groups is 1. The molecule has 2 aliphatic heterocycles. The Morgan fingerprint density at radius 2 is 1.91 bits per heavy atom. The smallest absolute Gasteiger partial charge is 0.193 e. The molecule has 2 fully saturated rings. The molecule has 2 rings (SSSR count). The predicted molar refractivity (Wildman–Crippen MR) is 110 cm³/mol. The number of hydrogen-bond donors (Lipinski definition) is 1. The van der Waals surface area contributed by atoms with Crippen molar-refractivity contribution >= 4 is 29.9 Å². The van der Waals surface area contributed by atoms with Crippen molar-refractivity contribution in [3.63, 3.8) is 0 Å². The van der Waals surface area contributed by atoms with Crippen molar-refractivity contribution in [2.45, 2.75) is 39.7 Å². The minimum Gasteiger partial charge on any atom is -0.355 e. The van der Waals surface area contributed by atoms with Crippen molar-refractivity contribution < 1.29 is 0 Å². The van der Waals surface area contributed by atoms with Gasteiger partial charge in [0.2, 0.25) is 0 Å². The maximum absolute atomic E-state index is 4.49. The molecule has 23 heavy (non-hydrogen) atoms. The molecule has 0 bridgehead atoms. The Hall–Kier alpha value is -0.0800. The Labute approximate surface area is 159 Å². The first-order valence-electron chi connectivity index (χ1n) is 9.06. The zero-order valence-electron chi connectivity index (χ0n) is 15.4. The summed E-state index contributed by atoms with van der Waals surface area (Å²) in [4.78, 5) is 12.1. The van der Waals surface area contributed by atoms with Crippen LogP contribution in [0.15, 0.2) is 4.99 Å². The molecule has 0 amide bonds. The van der Waals surface area contributed by atoms with Crippen LogP contribution in [0.3, 0.4) is 0 Å². The molecule has 6 heteroatoms. The van der Waals surface area contributed by atoms with E-state index < -0.39 is 0 Å². The van der Waals surface area contributed by atoms with Gasteiger partial charge in [-0.1, -0.05) is 13.8 Å². The monoisotopic (exact) mass is 437 g/mol. The molecule has 0 spiro atoms. The molecule has 2 unspecified atom stereocenters. The highest BCUT2D eigenvalue weighted by molar-refractivity contribution is 14.0. The van der Waals surface area contributed by atoms with E-state index in [0.29, 0.717) is 6.04 Å². The van der Waals surface area contributed by atoms with Gasteiger partial charge < -0.3 is 15.1 Å². The summed E-state index contributed by atoms with van der Waals surface area (Å²) in [5, 5.41) is 3.60. The van der Waals surface area contributed by atoms with Crippen LogP contribution in [0.25, 0.3) is 0 Å². The molecule has 0 aromatic heterocycles. The van der Waals surface area contributed by atoms with E-state index in [1.807, 2.05) is 7.05 Å². The van der Waals surface area contributed by atoms with Crippen LogP contribution in [-0.4, -0.2) is 86.1 Å². The molecule has 136 valence electrons. The second-order valence-electron chi connectivity index (χ2n) is 6.94. The van der Waals surface area contributed by atoms with Crippen molar-refractivity contribution in [1.29, 1.82) is 0 Å². The Morgan fingerprint density at radius 3 is 2.48 bits per heavy atom. The van der Waals surface area contributed by atoms with Gasteiger partial charge in [-0.05, 0) is 32.2 Å². The highest BCUT2D eigenvalue weighted by Crippen LogP contribution is 2.15. The van der Waals surface area contributed by atoms with Gasteiger partial charge in [0.15, 0.2) is 5.96 Å². The van der Waals surface area contributed by atoms with Crippen LogP contribution >= 0.6 is 24.0 Å². The van der Waals surface area contributed by atoms with Crippen LogP contribution in [0.4, 0.5) is 0 Å². The zero-order chi connectivity index (χ0) is 15.9. The van der Waals surface area contributed by atoms with Gasteiger partial charge in [0.1, 0.15) is 0 Å². The minimum absolute atomic E-state index is 0. The molecule has 5 nitrogen and oxygen atoms in total. The number of nitrogens with one attached hydrogen (secondary N) is 1. The molecular formula is C17H36IN5. The van der Waals surface area contributed by atoms with Gasteiger partial charge in [-0.2, -0.15) is 0 Å². The van der Waals surface area contributed by atoms with Gasteiger partial charge in [0, 0.05) is 58.9 Å². The van der Waals surface area contributed by atoms with Crippen LogP contribution in [-0.2, 0) is 0 Å². The Morgan fingerprint density at radius 1 is 1.22 bits per heavy atom. The number of hydrogen-bond acceptors (Lipinski definition) is 3. The lowest BCUT2D eigenvalue weighted by Gasteiger charge is -2.38. The fourth-order valence-corrected chi connectivity index (χ4v) is 3.60. The van der Waals surface area contributed by atoms with Crippen LogP contribution in [0, 0.1) is 5.92 Å². The quantitative estimate of drug-likeness (QED) is 0.414. The third kappa shape index (κ3) is 6.38. The standard InChI is InChI=1S/C17H35N5.HI/c1-5-20-9-11-21(12-10-20)16(3)13-19-17(18-4)22-8-6-7-15(2)14-22;/h15-16H,5-14H2,1-4H3,(H,18,19);1H. The average molecular weight is 437 g/mol. The topological polar surface area (TPSA) is 34.1 Å². The van der Waals surface area contributed by atoms with Gasteiger partial charge in [0.25, 0.3) is 0 Å². The molecular weight excluding hydrogens is 401 g/mol. The molecule has 2 atom stereocenters. The lowest BCUT2D eigenvalue weighted by molar-refractivity contribution is 0.106. The van der Waals surface area contributed by atoms with E-state index in [2.05, 4.69) is 45.8 Å². The summed E-state index contributed by atoms with van der Waals surface area (Å²) in [7, 11) is 1.91. The van der Waals surface area contributed by atoms with Crippen molar-refractivity contribution in [2.75, 3.05) is 59.4 Å². The van der Waals surface area contributed by atoms with Gasteiger partial charge in [0.05, 0.1) is 0 Å². The molecule has 0 aliphatic carbocycles. The third-order valence-electron chi connectivity index (χ3n) is 5.20. The second-order valence-corrected chi connectivity index (χ2v) is 6.94. The SMILES string of the molecule is CCN1CCN(C(C)CNC(=NC)N2CCCC(C)C2)CC1.I. The van der Waals surface area contributed by atoms with Crippen LogP contribution in [0.2, 0.25) is 0 Å². The predicted octanol–water partition coefficient (Wildman–Crippen LogP) is 1.94. The molecule has 0 aromatic rings. The number of likely N-dealkylation sites (tertiary alicyclic amines) is 1. The number of piperazine rings is 1. The summed E-state index contributed by atoms with van der Waals surface area (Å²) in [5.74, 6) is 1.87. The van der Waals surface area contributed by atoms with Crippen molar-refractivity contribution in [3.8, 4) is 0 Å². The summed E-state index contributed by atoms with van der Waals surface area (Å²) < 4.78 is 0. The van der Waals surface area contributed by atoms with Crippen molar-refractivity contribution in [2.24, 2.45) is 10.9 Å². The molecule has 2 saturated heterocycles. The Balaban J connectivity index is 0.00000264. The van der Waals surface area contributed by atoms with Gasteiger partial charge >= 0.3 is 0 Å². The summed E-state index contributed by atoms with van der Waals surface area (Å²) in [5.41, 5.74) is 0. The van der Waals surface area contributed by atoms with Crippen LogP contribution in [0.5, 0.6) is 0 Å². The number of likely N-dealkylation sites (N-methyl/N-ethyl adjacent to an activating group) is 1. The summed E-state index contributed by atoms with van der Waals surface area (Å²) in [6.45, 7) is 16.2. The maximum atomic E-state index is 4.49. The molecule has 0 radical (unpaired) electrons. The minimum atomic E-state index is 0. The highest BCUT2D eigenvalue weighted by Gasteiger charge is 2.22. The Kier molecular flexibility index (Phi) is 9.77. The molecule has 2 aliphatic rings.